The minimum atomic E-state index is -0.983. The van der Waals surface area contributed by atoms with Crippen molar-refractivity contribution in [3.8, 4) is 0 Å². The number of carboxylic acids is 1. The molecule has 0 aromatic rings. The summed E-state index contributed by atoms with van der Waals surface area (Å²) in [4.78, 5) is 22.5. The summed E-state index contributed by atoms with van der Waals surface area (Å²) in [6.45, 7) is 5.99. The van der Waals surface area contributed by atoms with E-state index in [-0.39, 0.29) is 24.2 Å². The van der Waals surface area contributed by atoms with Gasteiger partial charge in [-0.1, -0.05) is 27.2 Å². The van der Waals surface area contributed by atoms with E-state index in [9.17, 15) is 9.59 Å². The first kappa shape index (κ1) is 14.9. The average Bonchev–Trinajstić information content (AvgIpc) is 2.24. The van der Waals surface area contributed by atoms with Gasteiger partial charge in [0.25, 0.3) is 0 Å². The van der Waals surface area contributed by atoms with Crippen LogP contribution >= 0.6 is 0 Å². The Labute approximate surface area is 96.4 Å². The van der Waals surface area contributed by atoms with Crippen molar-refractivity contribution in [3.63, 3.8) is 0 Å². The van der Waals surface area contributed by atoms with Gasteiger partial charge in [0.2, 0.25) is 5.91 Å². The molecule has 0 bridgehead atoms. The number of carbonyl (C=O) groups is 2. The van der Waals surface area contributed by atoms with Crippen molar-refractivity contribution >= 4 is 11.9 Å². The number of nitrogens with one attached hydrogen (secondary N) is 1. The van der Waals surface area contributed by atoms with Gasteiger partial charge in [0.1, 0.15) is 6.04 Å². The molecule has 16 heavy (non-hydrogen) atoms. The lowest BCUT2D eigenvalue weighted by Crippen LogP contribution is -2.45. The fourth-order valence-corrected chi connectivity index (χ4v) is 1.32. The maximum absolute atomic E-state index is 11.5. The number of hydrogen-bond donors (Lipinski definition) is 3. The Bertz CT molecular complexity index is 243. The zero-order valence-corrected chi connectivity index (χ0v) is 10.2. The molecule has 0 aliphatic carbocycles. The van der Waals surface area contributed by atoms with Crippen molar-refractivity contribution in [3.05, 3.63) is 0 Å². The van der Waals surface area contributed by atoms with Gasteiger partial charge < -0.3 is 16.2 Å². The summed E-state index contributed by atoms with van der Waals surface area (Å²) in [6, 6.07) is -0.803. The van der Waals surface area contributed by atoms with Crippen LogP contribution in [0.4, 0.5) is 0 Å². The monoisotopic (exact) mass is 230 g/mol. The number of carboxylic acid groups (broad SMARTS) is 1. The molecule has 1 unspecified atom stereocenters. The van der Waals surface area contributed by atoms with E-state index in [0.717, 1.165) is 0 Å². The Morgan fingerprint density at radius 3 is 2.31 bits per heavy atom. The van der Waals surface area contributed by atoms with Gasteiger partial charge in [0.05, 0.1) is 0 Å². The van der Waals surface area contributed by atoms with Crippen LogP contribution in [0.1, 0.15) is 33.6 Å². The normalized spacial score (nSPS) is 16.2. The molecule has 3 atom stereocenters. The maximum atomic E-state index is 11.5. The van der Waals surface area contributed by atoms with Crippen molar-refractivity contribution in [1.29, 1.82) is 0 Å². The highest BCUT2D eigenvalue weighted by Crippen LogP contribution is 2.09. The van der Waals surface area contributed by atoms with Crippen LogP contribution in [-0.4, -0.2) is 29.6 Å². The highest BCUT2D eigenvalue weighted by atomic mass is 16.4. The van der Waals surface area contributed by atoms with E-state index in [1.165, 1.54) is 0 Å². The van der Waals surface area contributed by atoms with E-state index >= 15 is 0 Å². The van der Waals surface area contributed by atoms with Gasteiger partial charge in [-0.2, -0.15) is 0 Å². The fourth-order valence-electron chi connectivity index (χ4n) is 1.32. The third-order valence-electron chi connectivity index (χ3n) is 2.73. The lowest BCUT2D eigenvalue weighted by atomic mass is 9.98. The number of carbonyl (C=O) groups excluding carboxylic acids is 1. The third-order valence-corrected chi connectivity index (χ3v) is 2.73. The van der Waals surface area contributed by atoms with Gasteiger partial charge in [-0.3, -0.25) is 4.79 Å². The quantitative estimate of drug-likeness (QED) is 0.596. The summed E-state index contributed by atoms with van der Waals surface area (Å²) in [6.07, 6.45) is 0.987. The first-order valence-electron chi connectivity index (χ1n) is 5.64. The zero-order valence-electron chi connectivity index (χ0n) is 10.2. The number of nitrogens with two attached hydrogens (primary N) is 1. The number of amides is 1. The summed E-state index contributed by atoms with van der Waals surface area (Å²) >= 11 is 0. The molecule has 0 heterocycles. The SMILES string of the molecule is CC[C@H](C)[C@H](NC(=O)CC(C)CN)C(=O)O. The summed E-state index contributed by atoms with van der Waals surface area (Å²) in [5.41, 5.74) is 5.40. The molecule has 1 amide bonds. The van der Waals surface area contributed by atoms with Crippen LogP contribution in [0.15, 0.2) is 0 Å². The van der Waals surface area contributed by atoms with E-state index in [1.54, 1.807) is 0 Å². The molecular formula is C11H22N2O3. The fraction of sp³-hybridized carbons (Fsp3) is 0.818. The second kappa shape index (κ2) is 7.22. The molecule has 0 aliphatic rings. The summed E-state index contributed by atoms with van der Waals surface area (Å²) in [5.74, 6) is -1.23. The van der Waals surface area contributed by atoms with E-state index in [2.05, 4.69) is 5.32 Å². The summed E-state index contributed by atoms with van der Waals surface area (Å²) in [7, 11) is 0. The molecular weight excluding hydrogens is 208 g/mol. The lowest BCUT2D eigenvalue weighted by molar-refractivity contribution is -0.143. The molecule has 4 N–H and O–H groups in total. The van der Waals surface area contributed by atoms with Crippen molar-refractivity contribution < 1.29 is 14.7 Å². The van der Waals surface area contributed by atoms with Crippen molar-refractivity contribution in [2.24, 2.45) is 17.6 Å². The molecule has 0 fully saturated rings. The minimum Gasteiger partial charge on any atom is -0.480 e. The lowest BCUT2D eigenvalue weighted by Gasteiger charge is -2.20. The number of hydrogen-bond acceptors (Lipinski definition) is 3. The molecule has 0 saturated heterocycles. The van der Waals surface area contributed by atoms with Crippen LogP contribution in [0.5, 0.6) is 0 Å². The number of aliphatic carboxylic acids is 1. The number of rotatable bonds is 7. The van der Waals surface area contributed by atoms with Gasteiger partial charge in [-0.25, -0.2) is 4.79 Å². The van der Waals surface area contributed by atoms with E-state index in [0.29, 0.717) is 13.0 Å². The van der Waals surface area contributed by atoms with E-state index in [4.69, 9.17) is 10.8 Å². The minimum absolute atomic E-state index is 0.0744. The molecule has 5 nitrogen and oxygen atoms in total. The van der Waals surface area contributed by atoms with Gasteiger partial charge >= 0.3 is 5.97 Å². The van der Waals surface area contributed by atoms with Gasteiger partial charge in [-0.05, 0) is 18.4 Å². The molecule has 0 saturated carbocycles. The van der Waals surface area contributed by atoms with Crippen LogP contribution in [0.2, 0.25) is 0 Å². The molecule has 0 rings (SSSR count). The first-order chi connectivity index (χ1) is 7.42. The standard InChI is InChI=1S/C11H22N2O3/c1-4-8(3)10(11(15)16)13-9(14)5-7(2)6-12/h7-8,10H,4-6,12H2,1-3H3,(H,13,14)(H,15,16)/t7?,8-,10-/m0/s1. The molecule has 0 aromatic carbocycles. The Balaban J connectivity index is 4.30. The predicted octanol–water partition coefficient (Wildman–Crippen LogP) is 0.587. The highest BCUT2D eigenvalue weighted by Gasteiger charge is 2.25. The average molecular weight is 230 g/mol. The molecule has 0 spiro atoms. The Morgan fingerprint density at radius 1 is 1.38 bits per heavy atom. The summed E-state index contributed by atoms with van der Waals surface area (Å²) < 4.78 is 0. The topological polar surface area (TPSA) is 92.4 Å². The van der Waals surface area contributed by atoms with E-state index < -0.39 is 12.0 Å². The Kier molecular flexibility index (Phi) is 6.72. The van der Waals surface area contributed by atoms with Crippen LogP contribution in [-0.2, 0) is 9.59 Å². The second-order valence-electron chi connectivity index (χ2n) is 4.31. The van der Waals surface area contributed by atoms with Crippen molar-refractivity contribution in [1.82, 2.24) is 5.32 Å². The summed E-state index contributed by atoms with van der Waals surface area (Å²) in [5, 5.41) is 11.5. The largest absolute Gasteiger partial charge is 0.480 e. The smallest absolute Gasteiger partial charge is 0.326 e. The first-order valence-corrected chi connectivity index (χ1v) is 5.64. The predicted molar refractivity (Wildman–Crippen MR) is 61.9 cm³/mol. The van der Waals surface area contributed by atoms with E-state index in [1.807, 2.05) is 20.8 Å². The van der Waals surface area contributed by atoms with Crippen LogP contribution in [0, 0.1) is 11.8 Å². The third kappa shape index (κ3) is 5.11. The molecule has 0 aromatic heterocycles. The second-order valence-corrected chi connectivity index (χ2v) is 4.31. The molecule has 94 valence electrons. The maximum Gasteiger partial charge on any atom is 0.326 e. The zero-order chi connectivity index (χ0) is 12.7. The van der Waals surface area contributed by atoms with Crippen LogP contribution < -0.4 is 11.1 Å². The van der Waals surface area contributed by atoms with Gasteiger partial charge in [-0.15, -0.1) is 0 Å². The highest BCUT2D eigenvalue weighted by molar-refractivity contribution is 5.83. The molecule has 5 heteroatoms. The Morgan fingerprint density at radius 2 is 1.94 bits per heavy atom. The van der Waals surface area contributed by atoms with Crippen LogP contribution in [0.3, 0.4) is 0 Å². The van der Waals surface area contributed by atoms with Crippen molar-refractivity contribution in [2.75, 3.05) is 6.54 Å². The molecule has 0 aliphatic heterocycles. The van der Waals surface area contributed by atoms with Gasteiger partial charge in [0.15, 0.2) is 0 Å². The Hall–Kier alpha value is -1.10. The van der Waals surface area contributed by atoms with Crippen LogP contribution in [0.25, 0.3) is 0 Å². The molecule has 0 radical (unpaired) electrons. The van der Waals surface area contributed by atoms with Crippen molar-refractivity contribution in [2.45, 2.75) is 39.7 Å². The van der Waals surface area contributed by atoms with Gasteiger partial charge in [0, 0.05) is 6.42 Å².